The predicted octanol–water partition coefficient (Wildman–Crippen LogP) is 3.49. The second kappa shape index (κ2) is 8.32. The first-order chi connectivity index (χ1) is 11.6. The lowest BCUT2D eigenvalue weighted by Crippen LogP contribution is -2.50. The van der Waals surface area contributed by atoms with E-state index in [-0.39, 0.29) is 6.42 Å². The van der Waals surface area contributed by atoms with Crippen LogP contribution in [0, 0.1) is 5.92 Å². The summed E-state index contributed by atoms with van der Waals surface area (Å²) in [5.74, 6) is -0.242. The number of hydrogen-bond acceptors (Lipinski definition) is 3. The Kier molecular flexibility index (Phi) is 6.14. The number of carboxylic acid groups (broad SMARTS) is 1. The Balaban J connectivity index is 1.64. The monoisotopic (exact) mass is 350 g/mol. The third kappa shape index (κ3) is 4.50. The standard InChI is InChI=1S/C19H27ClN2O2/c20-17-6-2-1-5-15(17)13-21-12-9-18(22-10-3-4-11-22)16(14-21)7-8-19(23)24/h1-2,5-6,16,18H,3-4,7-14H2,(H,23,24)/t16-,18+/m0/s1. The fourth-order valence-electron chi connectivity index (χ4n) is 4.25. The summed E-state index contributed by atoms with van der Waals surface area (Å²) >= 11 is 6.30. The molecule has 2 fully saturated rings. The van der Waals surface area contributed by atoms with Crippen LogP contribution in [0.3, 0.4) is 0 Å². The molecule has 132 valence electrons. The van der Waals surface area contributed by atoms with Crippen molar-refractivity contribution in [1.82, 2.24) is 9.80 Å². The van der Waals surface area contributed by atoms with Gasteiger partial charge in [0.1, 0.15) is 0 Å². The lowest BCUT2D eigenvalue weighted by Gasteiger charge is -2.43. The maximum Gasteiger partial charge on any atom is 0.303 e. The minimum Gasteiger partial charge on any atom is -0.481 e. The van der Waals surface area contributed by atoms with Crippen LogP contribution in [0.15, 0.2) is 24.3 Å². The minimum atomic E-state index is -0.682. The van der Waals surface area contributed by atoms with Gasteiger partial charge in [-0.15, -0.1) is 0 Å². The molecule has 1 aromatic carbocycles. The fourth-order valence-corrected chi connectivity index (χ4v) is 4.45. The van der Waals surface area contributed by atoms with Gasteiger partial charge in [-0.05, 0) is 62.9 Å². The van der Waals surface area contributed by atoms with Crippen LogP contribution >= 0.6 is 11.6 Å². The van der Waals surface area contributed by atoms with Gasteiger partial charge in [-0.3, -0.25) is 9.69 Å². The van der Waals surface area contributed by atoms with E-state index in [0.717, 1.165) is 43.1 Å². The Bertz CT molecular complexity index is 560. The van der Waals surface area contributed by atoms with Gasteiger partial charge in [0.2, 0.25) is 0 Å². The van der Waals surface area contributed by atoms with Gasteiger partial charge >= 0.3 is 5.97 Å². The van der Waals surface area contributed by atoms with E-state index in [1.165, 1.54) is 25.9 Å². The van der Waals surface area contributed by atoms with Crippen molar-refractivity contribution in [3.63, 3.8) is 0 Å². The molecule has 0 unspecified atom stereocenters. The SMILES string of the molecule is O=C(O)CC[C@H]1CN(Cc2ccccc2Cl)CC[C@H]1N1CCCC1. The summed E-state index contributed by atoms with van der Waals surface area (Å²) in [5, 5.41) is 9.91. The van der Waals surface area contributed by atoms with Crippen LogP contribution < -0.4 is 0 Å². The lowest BCUT2D eigenvalue weighted by atomic mass is 9.87. The van der Waals surface area contributed by atoms with E-state index in [1.54, 1.807) is 0 Å². The summed E-state index contributed by atoms with van der Waals surface area (Å²) in [6, 6.07) is 8.56. The van der Waals surface area contributed by atoms with Crippen molar-refractivity contribution < 1.29 is 9.90 Å². The molecule has 2 atom stereocenters. The second-order valence-electron chi connectivity index (χ2n) is 7.12. The van der Waals surface area contributed by atoms with Crippen molar-refractivity contribution in [1.29, 1.82) is 0 Å². The number of rotatable bonds is 6. The van der Waals surface area contributed by atoms with Crippen LogP contribution in [0.1, 0.15) is 37.7 Å². The van der Waals surface area contributed by atoms with Crippen LogP contribution in [-0.2, 0) is 11.3 Å². The predicted molar refractivity (Wildman–Crippen MR) is 96.3 cm³/mol. The van der Waals surface area contributed by atoms with Gasteiger partial charge < -0.3 is 10.0 Å². The van der Waals surface area contributed by atoms with Crippen molar-refractivity contribution in [3.05, 3.63) is 34.9 Å². The van der Waals surface area contributed by atoms with Gasteiger partial charge in [0.25, 0.3) is 0 Å². The molecule has 1 aromatic rings. The van der Waals surface area contributed by atoms with Crippen molar-refractivity contribution in [3.8, 4) is 0 Å². The number of piperidine rings is 1. The molecule has 3 rings (SSSR count). The molecule has 0 aliphatic carbocycles. The van der Waals surface area contributed by atoms with Crippen molar-refractivity contribution in [2.24, 2.45) is 5.92 Å². The van der Waals surface area contributed by atoms with Crippen LogP contribution in [0.4, 0.5) is 0 Å². The molecular formula is C19H27ClN2O2. The highest BCUT2D eigenvalue weighted by Crippen LogP contribution is 2.30. The molecule has 2 aliphatic heterocycles. The number of likely N-dealkylation sites (tertiary alicyclic amines) is 2. The minimum absolute atomic E-state index is 0.273. The largest absolute Gasteiger partial charge is 0.481 e. The average molecular weight is 351 g/mol. The first-order valence-electron chi connectivity index (χ1n) is 9.05. The van der Waals surface area contributed by atoms with E-state index >= 15 is 0 Å². The van der Waals surface area contributed by atoms with E-state index in [0.29, 0.717) is 12.0 Å². The first-order valence-corrected chi connectivity index (χ1v) is 9.43. The Hall–Kier alpha value is -1.10. The van der Waals surface area contributed by atoms with Gasteiger partial charge in [-0.2, -0.15) is 0 Å². The molecule has 0 bridgehead atoms. The number of aliphatic carboxylic acids is 1. The van der Waals surface area contributed by atoms with Gasteiger partial charge in [-0.25, -0.2) is 0 Å². The molecular weight excluding hydrogens is 324 g/mol. The lowest BCUT2D eigenvalue weighted by molar-refractivity contribution is -0.137. The molecule has 24 heavy (non-hydrogen) atoms. The molecule has 0 radical (unpaired) electrons. The van der Waals surface area contributed by atoms with Crippen molar-refractivity contribution in [2.75, 3.05) is 26.2 Å². The van der Waals surface area contributed by atoms with Crippen LogP contribution in [-0.4, -0.2) is 53.1 Å². The number of halogens is 1. The summed E-state index contributed by atoms with van der Waals surface area (Å²) in [6.45, 7) is 5.25. The molecule has 2 aliphatic rings. The van der Waals surface area contributed by atoms with Crippen LogP contribution in [0.2, 0.25) is 5.02 Å². The van der Waals surface area contributed by atoms with Crippen molar-refractivity contribution >= 4 is 17.6 Å². The molecule has 2 heterocycles. The molecule has 1 N–H and O–H groups in total. The Labute approximate surface area is 149 Å². The fraction of sp³-hybridized carbons (Fsp3) is 0.632. The normalized spacial score (nSPS) is 25.9. The summed E-state index contributed by atoms with van der Waals surface area (Å²) in [7, 11) is 0. The molecule has 0 saturated carbocycles. The van der Waals surface area contributed by atoms with Gasteiger partial charge in [0, 0.05) is 30.6 Å². The Morgan fingerprint density at radius 3 is 2.67 bits per heavy atom. The zero-order chi connectivity index (χ0) is 16.9. The molecule has 0 aromatic heterocycles. The average Bonchev–Trinajstić information content (AvgIpc) is 3.09. The maximum absolute atomic E-state index is 11.0. The van der Waals surface area contributed by atoms with Gasteiger partial charge in [-0.1, -0.05) is 29.8 Å². The highest BCUT2D eigenvalue weighted by Gasteiger charge is 2.34. The number of carbonyl (C=O) groups is 1. The Morgan fingerprint density at radius 2 is 1.96 bits per heavy atom. The first kappa shape index (κ1) is 17.7. The van der Waals surface area contributed by atoms with Crippen LogP contribution in [0.25, 0.3) is 0 Å². The summed E-state index contributed by atoms with van der Waals surface area (Å²) in [5.41, 5.74) is 1.16. The maximum atomic E-state index is 11.0. The van der Waals surface area contributed by atoms with E-state index in [2.05, 4.69) is 15.9 Å². The van der Waals surface area contributed by atoms with E-state index in [9.17, 15) is 4.79 Å². The molecule has 4 nitrogen and oxygen atoms in total. The van der Waals surface area contributed by atoms with E-state index in [4.69, 9.17) is 16.7 Å². The third-order valence-electron chi connectivity index (χ3n) is 5.47. The van der Waals surface area contributed by atoms with E-state index in [1.807, 2.05) is 18.2 Å². The zero-order valence-corrected chi connectivity index (χ0v) is 14.9. The number of carboxylic acids is 1. The second-order valence-corrected chi connectivity index (χ2v) is 7.53. The van der Waals surface area contributed by atoms with Gasteiger partial charge in [0.05, 0.1) is 0 Å². The smallest absolute Gasteiger partial charge is 0.303 e. The molecule has 5 heteroatoms. The summed E-state index contributed by atoms with van der Waals surface area (Å²) < 4.78 is 0. The van der Waals surface area contributed by atoms with Crippen molar-refractivity contribution in [2.45, 2.75) is 44.7 Å². The van der Waals surface area contributed by atoms with Gasteiger partial charge in [0.15, 0.2) is 0 Å². The molecule has 2 saturated heterocycles. The quantitative estimate of drug-likeness (QED) is 0.852. The third-order valence-corrected chi connectivity index (χ3v) is 5.84. The summed E-state index contributed by atoms with van der Waals surface area (Å²) in [4.78, 5) is 16.1. The zero-order valence-electron chi connectivity index (χ0n) is 14.2. The molecule has 0 spiro atoms. The number of nitrogens with zero attached hydrogens (tertiary/aromatic N) is 2. The van der Waals surface area contributed by atoms with E-state index < -0.39 is 5.97 Å². The summed E-state index contributed by atoms with van der Waals surface area (Å²) in [6.07, 6.45) is 4.75. The van der Waals surface area contributed by atoms with Crippen LogP contribution in [0.5, 0.6) is 0 Å². The topological polar surface area (TPSA) is 43.8 Å². The molecule has 0 amide bonds. The number of benzene rings is 1. The highest BCUT2D eigenvalue weighted by molar-refractivity contribution is 6.31. The number of hydrogen-bond donors (Lipinski definition) is 1. The highest BCUT2D eigenvalue weighted by atomic mass is 35.5. The Morgan fingerprint density at radius 1 is 1.21 bits per heavy atom.